The van der Waals surface area contributed by atoms with Crippen molar-refractivity contribution in [2.75, 3.05) is 0 Å². The number of rotatable bonds is 8. The van der Waals surface area contributed by atoms with Crippen LogP contribution in [0.25, 0.3) is 10.9 Å². The van der Waals surface area contributed by atoms with Crippen LogP contribution < -0.4 is 10.3 Å². The van der Waals surface area contributed by atoms with E-state index in [1.807, 2.05) is 33.8 Å². The zero-order chi connectivity index (χ0) is 24.5. The summed E-state index contributed by atoms with van der Waals surface area (Å²) in [6.45, 7) is 7.60. The molecule has 0 saturated carbocycles. The number of fused-ring (bicyclic) bond motifs is 1. The van der Waals surface area contributed by atoms with Crippen LogP contribution in [0.4, 0.5) is 0 Å². The molecule has 10 heteroatoms. The minimum atomic E-state index is -3.80. The van der Waals surface area contributed by atoms with Gasteiger partial charge in [-0.3, -0.25) is 9.36 Å². The lowest BCUT2D eigenvalue weighted by Crippen LogP contribution is -2.32. The second-order valence-electron chi connectivity index (χ2n) is 8.49. The van der Waals surface area contributed by atoms with Crippen LogP contribution in [0.1, 0.15) is 49.9 Å². The first-order chi connectivity index (χ1) is 16.2. The van der Waals surface area contributed by atoms with Crippen molar-refractivity contribution in [3.8, 4) is 0 Å². The van der Waals surface area contributed by atoms with Crippen molar-refractivity contribution in [3.05, 3.63) is 82.0 Å². The molecule has 0 aliphatic carbocycles. The summed E-state index contributed by atoms with van der Waals surface area (Å²) in [4.78, 5) is 22.2. The minimum absolute atomic E-state index is 0.0683. The van der Waals surface area contributed by atoms with Gasteiger partial charge in [0.15, 0.2) is 5.82 Å². The number of aryl methyl sites for hydroxylation is 2. The highest BCUT2D eigenvalue weighted by atomic mass is 32.2. The largest absolute Gasteiger partial charge is 0.337 e. The molecule has 178 valence electrons. The maximum Gasteiger partial charge on any atom is 0.261 e. The van der Waals surface area contributed by atoms with Crippen LogP contribution in [0.3, 0.4) is 0 Å². The van der Waals surface area contributed by atoms with E-state index in [2.05, 4.69) is 19.8 Å². The number of benzene rings is 2. The fourth-order valence-electron chi connectivity index (χ4n) is 3.67. The van der Waals surface area contributed by atoms with Gasteiger partial charge in [-0.2, -0.15) is 9.71 Å². The molecule has 0 aliphatic heterocycles. The van der Waals surface area contributed by atoms with Crippen LogP contribution in [-0.4, -0.2) is 28.1 Å². The molecule has 2 heterocycles. The van der Waals surface area contributed by atoms with Gasteiger partial charge in [0.1, 0.15) is 11.9 Å². The topological polar surface area (TPSA) is 120 Å². The SMILES string of the molecule is CCc1nc2ccccc2c(=O)n1Cc1noc([C@H](NS(=O)(=O)c2ccc(C)cc2)C(C)C)n1. The first-order valence-electron chi connectivity index (χ1n) is 11.1. The molecule has 0 unspecified atom stereocenters. The molecule has 2 aromatic heterocycles. The van der Waals surface area contributed by atoms with E-state index in [4.69, 9.17) is 4.52 Å². The molecule has 1 atom stereocenters. The monoisotopic (exact) mass is 481 g/mol. The molecule has 0 bridgehead atoms. The Morgan fingerprint density at radius 2 is 1.76 bits per heavy atom. The van der Waals surface area contributed by atoms with E-state index in [0.717, 1.165) is 5.56 Å². The Bertz CT molecular complexity index is 1470. The fraction of sp³-hybridized carbons (Fsp3) is 0.333. The van der Waals surface area contributed by atoms with Gasteiger partial charge in [0.2, 0.25) is 15.9 Å². The first-order valence-corrected chi connectivity index (χ1v) is 12.6. The average Bonchev–Trinajstić information content (AvgIpc) is 3.27. The Kier molecular flexibility index (Phi) is 6.63. The maximum absolute atomic E-state index is 13.1. The molecule has 2 aromatic carbocycles. The van der Waals surface area contributed by atoms with Gasteiger partial charge in [-0.25, -0.2) is 13.4 Å². The van der Waals surface area contributed by atoms with Crippen molar-refractivity contribution in [1.29, 1.82) is 0 Å². The second-order valence-corrected chi connectivity index (χ2v) is 10.2. The van der Waals surface area contributed by atoms with E-state index >= 15 is 0 Å². The third-order valence-corrected chi connectivity index (χ3v) is 7.04. The molecule has 0 amide bonds. The quantitative estimate of drug-likeness (QED) is 0.410. The van der Waals surface area contributed by atoms with Gasteiger partial charge in [-0.05, 0) is 37.1 Å². The second kappa shape index (κ2) is 9.47. The summed E-state index contributed by atoms with van der Waals surface area (Å²) < 4.78 is 35.5. The predicted octanol–water partition coefficient (Wildman–Crippen LogP) is 3.37. The molecule has 0 saturated heterocycles. The number of nitrogens with zero attached hydrogens (tertiary/aromatic N) is 4. The maximum atomic E-state index is 13.1. The molecule has 0 aliphatic rings. The van der Waals surface area contributed by atoms with Crippen LogP contribution in [-0.2, 0) is 23.0 Å². The van der Waals surface area contributed by atoms with E-state index < -0.39 is 16.1 Å². The highest BCUT2D eigenvalue weighted by molar-refractivity contribution is 7.89. The molecule has 1 N–H and O–H groups in total. The molecule has 4 aromatic rings. The molecule has 0 radical (unpaired) electrons. The predicted molar refractivity (Wildman–Crippen MR) is 128 cm³/mol. The summed E-state index contributed by atoms with van der Waals surface area (Å²) in [5, 5.41) is 4.53. The molecule has 0 spiro atoms. The van der Waals surface area contributed by atoms with Gasteiger partial charge in [0.25, 0.3) is 5.56 Å². The molecular weight excluding hydrogens is 454 g/mol. The summed E-state index contributed by atoms with van der Waals surface area (Å²) in [6.07, 6.45) is 0.551. The number of sulfonamides is 1. The number of aromatic nitrogens is 4. The van der Waals surface area contributed by atoms with Crippen molar-refractivity contribution < 1.29 is 12.9 Å². The zero-order valence-corrected chi connectivity index (χ0v) is 20.3. The number of para-hydroxylation sites is 1. The zero-order valence-electron chi connectivity index (χ0n) is 19.5. The van der Waals surface area contributed by atoms with Gasteiger partial charge >= 0.3 is 0 Å². The van der Waals surface area contributed by atoms with Gasteiger partial charge in [0, 0.05) is 6.42 Å². The lowest BCUT2D eigenvalue weighted by atomic mass is 10.1. The lowest BCUT2D eigenvalue weighted by molar-refractivity contribution is 0.309. The highest BCUT2D eigenvalue weighted by Gasteiger charge is 2.29. The smallest absolute Gasteiger partial charge is 0.261 e. The molecule has 9 nitrogen and oxygen atoms in total. The normalized spacial score (nSPS) is 13.0. The summed E-state index contributed by atoms with van der Waals surface area (Å²) in [7, 11) is -3.80. The summed E-state index contributed by atoms with van der Waals surface area (Å²) in [6, 6.07) is 13.0. The van der Waals surface area contributed by atoms with Crippen LogP contribution >= 0.6 is 0 Å². The molecule has 34 heavy (non-hydrogen) atoms. The fourth-order valence-corrected chi connectivity index (χ4v) is 5.01. The Morgan fingerprint density at radius 1 is 1.06 bits per heavy atom. The Morgan fingerprint density at radius 3 is 2.44 bits per heavy atom. The summed E-state index contributed by atoms with van der Waals surface area (Å²) in [5.74, 6) is 0.852. The first kappa shape index (κ1) is 23.8. The highest BCUT2D eigenvalue weighted by Crippen LogP contribution is 2.23. The van der Waals surface area contributed by atoms with Crippen molar-refractivity contribution >= 4 is 20.9 Å². The van der Waals surface area contributed by atoms with E-state index in [9.17, 15) is 13.2 Å². The standard InChI is InChI=1S/C24H27N5O4S/c1-5-21-25-19-9-7-6-8-18(19)24(30)29(21)14-20-26-23(33-27-20)22(15(2)3)28-34(31,32)17-12-10-16(4)11-13-17/h6-13,15,22,28H,5,14H2,1-4H3/t22-/m1/s1. The Hall–Kier alpha value is -3.37. The van der Waals surface area contributed by atoms with Crippen LogP contribution in [0.15, 0.2) is 62.7 Å². The van der Waals surface area contributed by atoms with Crippen molar-refractivity contribution in [3.63, 3.8) is 0 Å². The number of hydrogen-bond donors (Lipinski definition) is 1. The summed E-state index contributed by atoms with van der Waals surface area (Å²) >= 11 is 0. The van der Waals surface area contributed by atoms with Crippen LogP contribution in [0.5, 0.6) is 0 Å². The molecule has 0 fully saturated rings. The van der Waals surface area contributed by atoms with Crippen LogP contribution in [0.2, 0.25) is 0 Å². The third-order valence-electron chi connectivity index (χ3n) is 5.59. The molecule has 4 rings (SSSR count). The van der Waals surface area contributed by atoms with Gasteiger partial charge < -0.3 is 4.52 Å². The number of nitrogens with one attached hydrogen (secondary N) is 1. The number of hydrogen-bond acceptors (Lipinski definition) is 7. The van der Waals surface area contributed by atoms with E-state index in [-0.39, 0.29) is 34.6 Å². The van der Waals surface area contributed by atoms with Gasteiger partial charge in [-0.1, -0.05) is 55.8 Å². The minimum Gasteiger partial charge on any atom is -0.337 e. The van der Waals surface area contributed by atoms with E-state index in [1.54, 1.807) is 42.5 Å². The molecular formula is C24H27N5O4S. The van der Waals surface area contributed by atoms with Crippen molar-refractivity contribution in [2.24, 2.45) is 5.92 Å². The summed E-state index contributed by atoms with van der Waals surface area (Å²) in [5.41, 5.74) is 1.42. The van der Waals surface area contributed by atoms with Crippen LogP contribution in [0, 0.1) is 12.8 Å². The van der Waals surface area contributed by atoms with Gasteiger partial charge in [0.05, 0.1) is 22.3 Å². The van der Waals surface area contributed by atoms with Gasteiger partial charge in [-0.15, -0.1) is 0 Å². The lowest BCUT2D eigenvalue weighted by Gasteiger charge is -2.18. The Balaban J connectivity index is 1.64. The van der Waals surface area contributed by atoms with E-state index in [0.29, 0.717) is 23.1 Å². The van der Waals surface area contributed by atoms with Crippen molar-refractivity contribution in [1.82, 2.24) is 24.4 Å². The van der Waals surface area contributed by atoms with E-state index in [1.165, 1.54) is 4.57 Å². The van der Waals surface area contributed by atoms with Crippen molar-refractivity contribution in [2.45, 2.75) is 51.6 Å². The third kappa shape index (κ3) is 4.78. The Labute approximate surface area is 197 Å². The average molecular weight is 482 g/mol.